The number of anilines is 2. The molecule has 0 saturated carbocycles. The van der Waals surface area contributed by atoms with Gasteiger partial charge in [-0.05, 0) is 12.0 Å². The maximum Gasteiger partial charge on any atom is 0.150 e. The van der Waals surface area contributed by atoms with E-state index in [9.17, 15) is 0 Å². The normalized spacial score (nSPS) is 9.53. The Labute approximate surface area is 115 Å². The van der Waals surface area contributed by atoms with Crippen molar-refractivity contribution >= 4 is 11.6 Å². The van der Waals surface area contributed by atoms with Crippen LogP contribution in [0.4, 0.5) is 11.6 Å². The smallest absolute Gasteiger partial charge is 0.150 e. The fourth-order valence-corrected chi connectivity index (χ4v) is 1.10. The average molecular weight is 262 g/mol. The Morgan fingerprint density at radius 1 is 1.11 bits per heavy atom. The highest BCUT2D eigenvalue weighted by Gasteiger charge is 1.98. The van der Waals surface area contributed by atoms with Gasteiger partial charge in [0.05, 0.1) is 13.3 Å². The molecule has 1 N–H and O–H groups in total. The van der Waals surface area contributed by atoms with Crippen molar-refractivity contribution in [1.29, 1.82) is 0 Å². The van der Waals surface area contributed by atoms with Crippen LogP contribution in [0.25, 0.3) is 0 Å². The quantitative estimate of drug-likeness (QED) is 0.916. The monoisotopic (exact) mass is 262 g/mol. The maximum absolute atomic E-state index is 5.08. The summed E-state index contributed by atoms with van der Waals surface area (Å²) < 4.78 is 5.08. The summed E-state index contributed by atoms with van der Waals surface area (Å²) >= 11 is 0. The molecule has 0 bridgehead atoms. The minimum atomic E-state index is 0. The van der Waals surface area contributed by atoms with E-state index in [0.29, 0.717) is 11.6 Å². The highest BCUT2D eigenvalue weighted by Crippen LogP contribution is 2.16. The van der Waals surface area contributed by atoms with Crippen LogP contribution in [0.5, 0.6) is 5.75 Å². The molecule has 0 aliphatic carbocycles. The van der Waals surface area contributed by atoms with Crippen molar-refractivity contribution in [2.75, 3.05) is 12.4 Å². The summed E-state index contributed by atoms with van der Waals surface area (Å²) in [6, 6.07) is 3.57. The number of nitrogens with one attached hydrogen (secondary N) is 1. The molecule has 2 aromatic heterocycles. The van der Waals surface area contributed by atoms with Crippen LogP contribution in [-0.4, -0.2) is 22.1 Å². The molecule has 0 atom stereocenters. The Hall–Kier alpha value is -2.17. The zero-order valence-electron chi connectivity index (χ0n) is 11.8. The Balaban J connectivity index is 0.000000644. The Morgan fingerprint density at radius 3 is 2.37 bits per heavy atom. The van der Waals surface area contributed by atoms with Crippen molar-refractivity contribution in [3.8, 4) is 5.75 Å². The predicted octanol–water partition coefficient (Wildman–Crippen LogP) is 3.53. The molecule has 5 nitrogen and oxygen atoms in total. The van der Waals surface area contributed by atoms with Crippen molar-refractivity contribution in [1.82, 2.24) is 15.0 Å². The van der Waals surface area contributed by atoms with Gasteiger partial charge >= 0.3 is 0 Å². The van der Waals surface area contributed by atoms with E-state index in [1.807, 2.05) is 0 Å². The minimum absolute atomic E-state index is 0. The van der Waals surface area contributed by atoms with E-state index >= 15 is 0 Å². The number of ether oxygens (including phenoxy) is 1. The highest BCUT2D eigenvalue weighted by molar-refractivity contribution is 5.52. The van der Waals surface area contributed by atoms with Crippen LogP contribution in [0.1, 0.15) is 22.2 Å². The topological polar surface area (TPSA) is 59.9 Å². The van der Waals surface area contributed by atoms with Crippen molar-refractivity contribution in [2.24, 2.45) is 5.92 Å². The van der Waals surface area contributed by atoms with E-state index in [0.717, 1.165) is 11.7 Å². The van der Waals surface area contributed by atoms with E-state index in [1.165, 1.54) is 0 Å². The predicted molar refractivity (Wildman–Crippen MR) is 78.7 cm³/mol. The van der Waals surface area contributed by atoms with Gasteiger partial charge in [-0.2, -0.15) is 0 Å². The SMILES string of the molecule is CC(C)C.COc1ccnc(Nc2cnccn2)c1.[HH]. The molecule has 2 heterocycles. The first kappa shape index (κ1) is 14.9. The third-order valence-electron chi connectivity index (χ3n) is 1.79. The van der Waals surface area contributed by atoms with Crippen molar-refractivity contribution in [3.63, 3.8) is 0 Å². The zero-order chi connectivity index (χ0) is 14.1. The van der Waals surface area contributed by atoms with Gasteiger partial charge in [-0.15, -0.1) is 0 Å². The van der Waals surface area contributed by atoms with E-state index in [1.54, 1.807) is 44.0 Å². The Morgan fingerprint density at radius 2 is 1.79 bits per heavy atom. The molecule has 0 unspecified atom stereocenters. The molecule has 104 valence electrons. The van der Waals surface area contributed by atoms with Gasteiger partial charge in [0.25, 0.3) is 0 Å². The third kappa shape index (κ3) is 6.35. The Kier molecular flexibility index (Phi) is 6.29. The van der Waals surface area contributed by atoms with Gasteiger partial charge in [-0.1, -0.05) is 20.8 Å². The lowest BCUT2D eigenvalue weighted by atomic mass is 10.3. The van der Waals surface area contributed by atoms with Crippen LogP contribution >= 0.6 is 0 Å². The van der Waals surface area contributed by atoms with Crippen LogP contribution in [0, 0.1) is 5.92 Å². The van der Waals surface area contributed by atoms with Gasteiger partial charge in [-0.25, -0.2) is 9.97 Å². The van der Waals surface area contributed by atoms with E-state index < -0.39 is 0 Å². The number of nitrogens with zero attached hydrogens (tertiary/aromatic N) is 3. The number of methoxy groups -OCH3 is 1. The van der Waals surface area contributed by atoms with Crippen LogP contribution in [-0.2, 0) is 0 Å². The molecular formula is C14H22N4O. The number of aromatic nitrogens is 3. The van der Waals surface area contributed by atoms with Crippen LogP contribution in [0.2, 0.25) is 0 Å². The standard InChI is InChI=1S/C10H10N4O.C4H10.H2/c1-15-8-2-3-12-9(6-8)14-10-7-11-4-5-13-10;1-4(2)3;/h2-7H,1H3,(H,12,13,14);4H,1-3H3;1H. The van der Waals surface area contributed by atoms with E-state index in [2.05, 4.69) is 41.0 Å². The van der Waals surface area contributed by atoms with Crippen LogP contribution in [0.15, 0.2) is 36.9 Å². The summed E-state index contributed by atoms with van der Waals surface area (Å²) in [4.78, 5) is 12.1. The van der Waals surface area contributed by atoms with Crippen LogP contribution in [0.3, 0.4) is 0 Å². The second kappa shape index (κ2) is 8.02. The fraction of sp³-hybridized carbons (Fsp3) is 0.357. The first-order valence-corrected chi connectivity index (χ1v) is 6.15. The van der Waals surface area contributed by atoms with E-state index in [-0.39, 0.29) is 1.43 Å². The van der Waals surface area contributed by atoms with Gasteiger partial charge in [0.15, 0.2) is 0 Å². The number of pyridine rings is 1. The summed E-state index contributed by atoms with van der Waals surface area (Å²) in [5.74, 6) is 2.91. The molecule has 19 heavy (non-hydrogen) atoms. The lowest BCUT2D eigenvalue weighted by Crippen LogP contribution is -1.96. The number of rotatable bonds is 3. The summed E-state index contributed by atoms with van der Waals surface area (Å²) in [5, 5.41) is 3.01. The summed E-state index contributed by atoms with van der Waals surface area (Å²) in [7, 11) is 1.61. The minimum Gasteiger partial charge on any atom is -0.497 e. The van der Waals surface area contributed by atoms with E-state index in [4.69, 9.17) is 4.74 Å². The largest absolute Gasteiger partial charge is 0.497 e. The molecule has 2 rings (SSSR count). The molecule has 0 aliphatic rings. The molecule has 0 saturated heterocycles. The number of hydrogen-bond donors (Lipinski definition) is 1. The fourth-order valence-electron chi connectivity index (χ4n) is 1.10. The van der Waals surface area contributed by atoms with Crippen molar-refractivity contribution in [3.05, 3.63) is 36.9 Å². The molecule has 0 fully saturated rings. The van der Waals surface area contributed by atoms with Gasteiger partial charge in [0, 0.05) is 26.1 Å². The van der Waals surface area contributed by atoms with Crippen molar-refractivity contribution < 1.29 is 6.16 Å². The molecule has 0 spiro atoms. The molecule has 0 radical (unpaired) electrons. The molecule has 0 aromatic carbocycles. The average Bonchev–Trinajstić information content (AvgIpc) is 2.39. The van der Waals surface area contributed by atoms with Gasteiger partial charge < -0.3 is 10.1 Å². The number of hydrogen-bond acceptors (Lipinski definition) is 5. The molecule has 2 aromatic rings. The molecule has 0 amide bonds. The van der Waals surface area contributed by atoms with Gasteiger partial charge in [0.2, 0.25) is 0 Å². The summed E-state index contributed by atoms with van der Waals surface area (Å²) in [6.45, 7) is 6.50. The molecular weight excluding hydrogens is 240 g/mol. The first-order valence-electron chi connectivity index (χ1n) is 6.15. The molecule has 5 heteroatoms. The highest BCUT2D eigenvalue weighted by atomic mass is 16.5. The second-order valence-corrected chi connectivity index (χ2v) is 4.53. The zero-order valence-corrected chi connectivity index (χ0v) is 11.8. The Bertz CT molecular complexity index is 477. The molecule has 0 aliphatic heterocycles. The van der Waals surface area contributed by atoms with Gasteiger partial charge in [-0.3, -0.25) is 4.98 Å². The first-order chi connectivity index (χ1) is 9.11. The van der Waals surface area contributed by atoms with Gasteiger partial charge in [0.1, 0.15) is 17.4 Å². The summed E-state index contributed by atoms with van der Waals surface area (Å²) in [5.41, 5.74) is 0. The van der Waals surface area contributed by atoms with Crippen LogP contribution < -0.4 is 10.1 Å². The van der Waals surface area contributed by atoms with Crippen molar-refractivity contribution in [2.45, 2.75) is 20.8 Å². The summed E-state index contributed by atoms with van der Waals surface area (Å²) in [6.07, 6.45) is 6.52. The third-order valence-corrected chi connectivity index (χ3v) is 1.79. The lowest BCUT2D eigenvalue weighted by Gasteiger charge is -2.05. The maximum atomic E-state index is 5.08. The lowest BCUT2D eigenvalue weighted by molar-refractivity contribution is 0.414. The second-order valence-electron chi connectivity index (χ2n) is 4.53.